The molecule has 0 aromatic heterocycles. The summed E-state index contributed by atoms with van der Waals surface area (Å²) in [6.07, 6.45) is 1.80. The number of hydrogen-bond donors (Lipinski definition) is 2. The number of benzene rings is 1. The summed E-state index contributed by atoms with van der Waals surface area (Å²) in [5.41, 5.74) is -0.0825. The first kappa shape index (κ1) is 15.9. The summed E-state index contributed by atoms with van der Waals surface area (Å²) in [4.78, 5) is -0.315. The molecule has 0 bridgehead atoms. The number of piperidine rings is 1. The lowest BCUT2D eigenvalue weighted by Gasteiger charge is -2.34. The molecule has 7 heteroatoms. The van der Waals surface area contributed by atoms with Gasteiger partial charge in [-0.15, -0.1) is 0 Å². The molecule has 1 aromatic rings. The van der Waals surface area contributed by atoms with Crippen LogP contribution in [0.3, 0.4) is 0 Å². The third kappa shape index (κ3) is 3.58. The van der Waals surface area contributed by atoms with Crippen molar-refractivity contribution in [3.63, 3.8) is 0 Å². The fraction of sp³-hybridized carbons (Fsp3) is 0.538. The van der Waals surface area contributed by atoms with E-state index < -0.39 is 15.8 Å². The molecule has 4 nitrogen and oxygen atoms in total. The first-order chi connectivity index (χ1) is 9.34. The van der Waals surface area contributed by atoms with Crippen LogP contribution in [0.25, 0.3) is 0 Å². The Morgan fingerprint density at radius 2 is 2.05 bits per heavy atom. The Labute approximate surface area is 127 Å². The van der Waals surface area contributed by atoms with E-state index in [0.29, 0.717) is 6.54 Å². The van der Waals surface area contributed by atoms with Gasteiger partial charge in [-0.3, -0.25) is 0 Å². The van der Waals surface area contributed by atoms with Crippen molar-refractivity contribution in [1.29, 1.82) is 0 Å². The van der Waals surface area contributed by atoms with Crippen molar-refractivity contribution >= 4 is 26.0 Å². The normalized spacial score (nSPS) is 18.9. The standard InChI is InChI=1S/C13H18BrFN2O2S/c1-13(5-7-16-8-6-13)9-17-20(18,19)11-4-2-3-10(14)12(11)15/h2-4,16-17H,5-9H2,1H3. The molecule has 1 saturated heterocycles. The highest BCUT2D eigenvalue weighted by molar-refractivity contribution is 9.10. The van der Waals surface area contributed by atoms with E-state index in [4.69, 9.17) is 0 Å². The van der Waals surface area contributed by atoms with Crippen LogP contribution in [0.5, 0.6) is 0 Å². The maximum absolute atomic E-state index is 13.9. The predicted molar refractivity (Wildman–Crippen MR) is 79.5 cm³/mol. The van der Waals surface area contributed by atoms with Gasteiger partial charge < -0.3 is 5.32 Å². The molecule has 0 unspecified atom stereocenters. The Hall–Kier alpha value is -0.500. The van der Waals surface area contributed by atoms with E-state index in [2.05, 4.69) is 26.0 Å². The first-order valence-corrected chi connectivity index (χ1v) is 8.76. The summed E-state index contributed by atoms with van der Waals surface area (Å²) in [5, 5.41) is 3.24. The van der Waals surface area contributed by atoms with Gasteiger partial charge in [0.25, 0.3) is 0 Å². The van der Waals surface area contributed by atoms with Gasteiger partial charge in [-0.1, -0.05) is 13.0 Å². The van der Waals surface area contributed by atoms with Crippen LogP contribution in [0.1, 0.15) is 19.8 Å². The second-order valence-corrected chi connectivity index (χ2v) is 8.03. The monoisotopic (exact) mass is 364 g/mol. The molecular weight excluding hydrogens is 347 g/mol. The van der Waals surface area contributed by atoms with Crippen LogP contribution in [0.2, 0.25) is 0 Å². The molecule has 0 radical (unpaired) electrons. The average Bonchev–Trinajstić information content (AvgIpc) is 2.41. The van der Waals surface area contributed by atoms with Gasteiger partial charge >= 0.3 is 0 Å². The molecular formula is C13H18BrFN2O2S. The molecule has 0 saturated carbocycles. The highest BCUT2D eigenvalue weighted by atomic mass is 79.9. The Balaban J connectivity index is 2.13. The molecule has 0 amide bonds. The van der Waals surface area contributed by atoms with Crippen LogP contribution in [-0.2, 0) is 10.0 Å². The Kier molecular flexibility index (Phi) is 4.84. The molecule has 112 valence electrons. The fourth-order valence-electron chi connectivity index (χ4n) is 2.25. The van der Waals surface area contributed by atoms with Crippen molar-refractivity contribution in [3.05, 3.63) is 28.5 Å². The third-order valence-electron chi connectivity index (χ3n) is 3.71. The van der Waals surface area contributed by atoms with Crippen molar-refractivity contribution in [2.24, 2.45) is 5.41 Å². The van der Waals surface area contributed by atoms with E-state index in [0.717, 1.165) is 25.9 Å². The van der Waals surface area contributed by atoms with Gasteiger partial charge in [0.15, 0.2) is 5.82 Å². The van der Waals surface area contributed by atoms with E-state index in [-0.39, 0.29) is 14.8 Å². The van der Waals surface area contributed by atoms with E-state index in [9.17, 15) is 12.8 Å². The predicted octanol–water partition coefficient (Wildman–Crippen LogP) is 2.26. The van der Waals surface area contributed by atoms with Crippen LogP contribution in [0.4, 0.5) is 4.39 Å². The molecule has 1 aromatic carbocycles. The van der Waals surface area contributed by atoms with Gasteiger partial charge in [0.1, 0.15) is 4.90 Å². The third-order valence-corrected chi connectivity index (χ3v) is 5.74. The summed E-state index contributed by atoms with van der Waals surface area (Å²) >= 11 is 3.00. The summed E-state index contributed by atoms with van der Waals surface area (Å²) in [6, 6.07) is 4.25. The Bertz CT molecular complexity index is 586. The molecule has 1 aliphatic heterocycles. The lowest BCUT2D eigenvalue weighted by Crippen LogP contribution is -2.43. The van der Waals surface area contributed by atoms with Gasteiger partial charge in [-0.05, 0) is 59.4 Å². The topological polar surface area (TPSA) is 58.2 Å². The van der Waals surface area contributed by atoms with Crippen LogP contribution in [0, 0.1) is 11.2 Å². The molecule has 0 aliphatic carbocycles. The second kappa shape index (κ2) is 6.09. The molecule has 20 heavy (non-hydrogen) atoms. The second-order valence-electron chi connectivity index (χ2n) is 5.44. The van der Waals surface area contributed by atoms with E-state index in [1.807, 2.05) is 6.92 Å². The largest absolute Gasteiger partial charge is 0.317 e. The highest BCUT2D eigenvalue weighted by Gasteiger charge is 2.29. The summed E-state index contributed by atoms with van der Waals surface area (Å²) in [6.45, 7) is 4.13. The molecule has 1 fully saturated rings. The fourth-order valence-corrected chi connectivity index (χ4v) is 4.04. The number of rotatable bonds is 4. The quantitative estimate of drug-likeness (QED) is 0.861. The van der Waals surface area contributed by atoms with Crippen molar-refractivity contribution < 1.29 is 12.8 Å². The van der Waals surface area contributed by atoms with Crippen molar-refractivity contribution in [1.82, 2.24) is 10.0 Å². The minimum Gasteiger partial charge on any atom is -0.317 e. The van der Waals surface area contributed by atoms with Crippen LogP contribution < -0.4 is 10.0 Å². The summed E-state index contributed by atoms with van der Waals surface area (Å²) in [5.74, 6) is -0.754. The van der Waals surface area contributed by atoms with Crippen molar-refractivity contribution in [2.75, 3.05) is 19.6 Å². The zero-order chi connectivity index (χ0) is 14.8. The highest BCUT2D eigenvalue weighted by Crippen LogP contribution is 2.28. The maximum Gasteiger partial charge on any atom is 0.243 e. The van der Waals surface area contributed by atoms with Crippen LogP contribution in [0.15, 0.2) is 27.6 Å². The first-order valence-electron chi connectivity index (χ1n) is 6.48. The average molecular weight is 365 g/mol. The van der Waals surface area contributed by atoms with Gasteiger partial charge in [0.05, 0.1) is 4.47 Å². The lowest BCUT2D eigenvalue weighted by molar-refractivity contribution is 0.232. The van der Waals surface area contributed by atoms with E-state index in [1.165, 1.54) is 18.2 Å². The number of halogens is 2. The van der Waals surface area contributed by atoms with Crippen LogP contribution in [-0.4, -0.2) is 28.1 Å². The number of hydrogen-bond acceptors (Lipinski definition) is 3. The summed E-state index contributed by atoms with van der Waals surface area (Å²) in [7, 11) is -3.83. The minimum atomic E-state index is -3.83. The van der Waals surface area contributed by atoms with Crippen LogP contribution >= 0.6 is 15.9 Å². The SMILES string of the molecule is CC1(CNS(=O)(=O)c2cccc(Br)c2F)CCNCC1. The molecule has 1 aliphatic rings. The van der Waals surface area contributed by atoms with Gasteiger partial charge in [-0.2, -0.15) is 0 Å². The van der Waals surface area contributed by atoms with Gasteiger partial charge in [0, 0.05) is 6.54 Å². The molecule has 0 atom stereocenters. The molecule has 1 heterocycles. The molecule has 0 spiro atoms. The lowest BCUT2D eigenvalue weighted by atomic mass is 9.81. The number of nitrogens with one attached hydrogen (secondary N) is 2. The maximum atomic E-state index is 13.9. The zero-order valence-corrected chi connectivity index (χ0v) is 13.7. The Morgan fingerprint density at radius 1 is 1.40 bits per heavy atom. The minimum absolute atomic E-state index is 0.0825. The van der Waals surface area contributed by atoms with Crippen molar-refractivity contribution in [2.45, 2.75) is 24.7 Å². The summed E-state index contributed by atoms with van der Waals surface area (Å²) < 4.78 is 41.0. The molecule has 2 rings (SSSR count). The smallest absolute Gasteiger partial charge is 0.243 e. The van der Waals surface area contributed by atoms with Crippen molar-refractivity contribution in [3.8, 4) is 0 Å². The number of sulfonamides is 1. The van der Waals surface area contributed by atoms with E-state index in [1.54, 1.807) is 0 Å². The van der Waals surface area contributed by atoms with Gasteiger partial charge in [-0.25, -0.2) is 17.5 Å². The Morgan fingerprint density at radius 3 is 2.70 bits per heavy atom. The van der Waals surface area contributed by atoms with E-state index >= 15 is 0 Å². The van der Waals surface area contributed by atoms with Gasteiger partial charge in [0.2, 0.25) is 10.0 Å². The zero-order valence-electron chi connectivity index (χ0n) is 11.2. The molecule has 2 N–H and O–H groups in total.